The standard InChI is InChI=1S/C21H30N4O4S/c1-2-30(28,29)24-12-10-16-17(14-24)22-20(23-21(16)27)18-9-5-6-11-25(18)19(26)13-15-7-3-4-8-15/h3,7,15,18H,2,4-6,8-14H2,1H3,(H,22,23,27)/t15-,18+/m0/s1. The first-order valence-corrected chi connectivity index (χ1v) is 12.6. The van der Waals surface area contributed by atoms with E-state index in [0.29, 0.717) is 48.9 Å². The van der Waals surface area contributed by atoms with Crippen LogP contribution in [0.4, 0.5) is 0 Å². The maximum atomic E-state index is 13.0. The molecule has 8 nitrogen and oxygen atoms in total. The molecular formula is C21H30N4O4S. The van der Waals surface area contributed by atoms with E-state index in [9.17, 15) is 18.0 Å². The first-order chi connectivity index (χ1) is 14.4. The van der Waals surface area contributed by atoms with Crippen molar-refractivity contribution in [2.45, 2.75) is 64.5 Å². The molecular weight excluding hydrogens is 404 g/mol. The largest absolute Gasteiger partial charge is 0.332 e. The summed E-state index contributed by atoms with van der Waals surface area (Å²) in [6, 6.07) is -0.257. The van der Waals surface area contributed by atoms with Crippen LogP contribution in [0.2, 0.25) is 0 Å². The number of aromatic nitrogens is 2. The third-order valence-corrected chi connectivity index (χ3v) is 8.33. The van der Waals surface area contributed by atoms with Crippen molar-refractivity contribution in [1.82, 2.24) is 19.2 Å². The van der Waals surface area contributed by atoms with Gasteiger partial charge in [-0.05, 0) is 51.4 Å². The monoisotopic (exact) mass is 434 g/mol. The molecule has 164 valence electrons. The molecule has 0 spiro atoms. The Hall–Kier alpha value is -2.00. The summed E-state index contributed by atoms with van der Waals surface area (Å²) in [5, 5.41) is 0. The zero-order valence-corrected chi connectivity index (χ0v) is 18.3. The molecule has 4 rings (SSSR count). The number of amides is 1. The van der Waals surface area contributed by atoms with Crippen LogP contribution < -0.4 is 5.56 Å². The number of carbonyl (C=O) groups is 1. The zero-order chi connectivity index (χ0) is 21.3. The summed E-state index contributed by atoms with van der Waals surface area (Å²) in [5.74, 6) is 0.915. The third kappa shape index (κ3) is 4.23. The van der Waals surface area contributed by atoms with Crippen LogP contribution in [-0.2, 0) is 27.8 Å². The molecule has 30 heavy (non-hydrogen) atoms. The van der Waals surface area contributed by atoms with Crippen molar-refractivity contribution >= 4 is 15.9 Å². The van der Waals surface area contributed by atoms with E-state index in [1.807, 2.05) is 4.90 Å². The van der Waals surface area contributed by atoms with Crippen molar-refractivity contribution < 1.29 is 13.2 Å². The lowest BCUT2D eigenvalue weighted by Crippen LogP contribution is -2.43. The maximum absolute atomic E-state index is 13.0. The Morgan fingerprint density at radius 2 is 2.10 bits per heavy atom. The topological polar surface area (TPSA) is 103 Å². The van der Waals surface area contributed by atoms with Crippen molar-refractivity contribution in [3.63, 3.8) is 0 Å². The van der Waals surface area contributed by atoms with Crippen molar-refractivity contribution in [3.05, 3.63) is 39.6 Å². The smallest absolute Gasteiger partial charge is 0.254 e. The number of nitrogens with one attached hydrogen (secondary N) is 1. The lowest BCUT2D eigenvalue weighted by molar-refractivity contribution is -0.136. The lowest BCUT2D eigenvalue weighted by atomic mass is 9.98. The number of rotatable bonds is 5. The molecule has 3 aliphatic rings. The van der Waals surface area contributed by atoms with Crippen LogP contribution in [0.15, 0.2) is 16.9 Å². The van der Waals surface area contributed by atoms with Crippen LogP contribution in [0.25, 0.3) is 0 Å². The van der Waals surface area contributed by atoms with E-state index in [4.69, 9.17) is 4.98 Å². The second kappa shape index (κ2) is 8.63. The van der Waals surface area contributed by atoms with E-state index in [1.165, 1.54) is 4.31 Å². The van der Waals surface area contributed by atoms with Gasteiger partial charge in [-0.3, -0.25) is 9.59 Å². The predicted molar refractivity (Wildman–Crippen MR) is 113 cm³/mol. The van der Waals surface area contributed by atoms with E-state index < -0.39 is 10.0 Å². The summed E-state index contributed by atoms with van der Waals surface area (Å²) >= 11 is 0. The summed E-state index contributed by atoms with van der Waals surface area (Å²) in [6.07, 6.45) is 9.81. The molecule has 1 fully saturated rings. The number of nitrogens with zero attached hydrogens (tertiary/aromatic N) is 3. The lowest BCUT2D eigenvalue weighted by Gasteiger charge is -2.36. The molecule has 1 aliphatic carbocycles. The molecule has 2 atom stereocenters. The Labute approximate surface area is 177 Å². The molecule has 0 saturated carbocycles. The minimum atomic E-state index is -3.34. The average Bonchev–Trinajstić information content (AvgIpc) is 3.26. The molecule has 1 N–H and O–H groups in total. The number of sulfonamides is 1. The Balaban J connectivity index is 1.60. The summed E-state index contributed by atoms with van der Waals surface area (Å²) in [4.78, 5) is 35.2. The summed E-state index contributed by atoms with van der Waals surface area (Å²) < 4.78 is 26.0. The highest BCUT2D eigenvalue weighted by Crippen LogP contribution is 2.32. The number of aromatic amines is 1. The van der Waals surface area contributed by atoms with Gasteiger partial charge in [0.2, 0.25) is 15.9 Å². The summed E-state index contributed by atoms with van der Waals surface area (Å²) in [6.45, 7) is 2.70. The normalized spacial score (nSPS) is 24.8. The van der Waals surface area contributed by atoms with E-state index in [2.05, 4.69) is 17.1 Å². The molecule has 1 amide bonds. The molecule has 0 bridgehead atoms. The van der Waals surface area contributed by atoms with E-state index >= 15 is 0 Å². The Kier molecular flexibility index (Phi) is 6.11. The van der Waals surface area contributed by atoms with Crippen molar-refractivity contribution in [3.8, 4) is 0 Å². The summed E-state index contributed by atoms with van der Waals surface area (Å²) in [5.41, 5.74) is 0.875. The fraction of sp³-hybridized carbons (Fsp3) is 0.667. The molecule has 3 heterocycles. The first-order valence-electron chi connectivity index (χ1n) is 10.9. The van der Waals surface area contributed by atoms with Crippen LogP contribution in [0, 0.1) is 5.92 Å². The van der Waals surface area contributed by atoms with Crippen LogP contribution >= 0.6 is 0 Å². The second-order valence-electron chi connectivity index (χ2n) is 8.43. The van der Waals surface area contributed by atoms with Crippen molar-refractivity contribution in [2.24, 2.45) is 5.92 Å². The molecule has 0 radical (unpaired) electrons. The number of H-pyrrole nitrogens is 1. The number of carbonyl (C=O) groups excluding carboxylic acids is 1. The van der Waals surface area contributed by atoms with Crippen molar-refractivity contribution in [2.75, 3.05) is 18.8 Å². The van der Waals surface area contributed by atoms with Gasteiger partial charge in [-0.25, -0.2) is 13.4 Å². The van der Waals surface area contributed by atoms with E-state index in [0.717, 1.165) is 32.1 Å². The van der Waals surface area contributed by atoms with E-state index in [-0.39, 0.29) is 29.8 Å². The molecule has 9 heteroatoms. The Bertz CT molecular complexity index is 1000. The highest BCUT2D eigenvalue weighted by atomic mass is 32.2. The fourth-order valence-electron chi connectivity index (χ4n) is 4.73. The third-order valence-electron chi connectivity index (χ3n) is 6.50. The molecule has 1 saturated heterocycles. The predicted octanol–water partition coefficient (Wildman–Crippen LogP) is 1.89. The number of hydrogen-bond donors (Lipinski definition) is 1. The minimum absolute atomic E-state index is 0.0267. The summed E-state index contributed by atoms with van der Waals surface area (Å²) in [7, 11) is -3.34. The van der Waals surface area contributed by atoms with Crippen molar-refractivity contribution in [1.29, 1.82) is 0 Å². The van der Waals surface area contributed by atoms with Crippen LogP contribution in [0.5, 0.6) is 0 Å². The van der Waals surface area contributed by atoms with Crippen LogP contribution in [0.1, 0.15) is 68.6 Å². The highest BCUT2D eigenvalue weighted by Gasteiger charge is 2.33. The van der Waals surface area contributed by atoms with Gasteiger partial charge in [-0.15, -0.1) is 0 Å². The van der Waals surface area contributed by atoms with Gasteiger partial charge in [0.25, 0.3) is 5.56 Å². The van der Waals surface area contributed by atoms with Gasteiger partial charge in [0.1, 0.15) is 5.82 Å². The van der Waals surface area contributed by atoms with Gasteiger partial charge in [-0.2, -0.15) is 4.31 Å². The molecule has 0 unspecified atom stereocenters. The van der Waals surface area contributed by atoms with E-state index in [1.54, 1.807) is 6.92 Å². The maximum Gasteiger partial charge on any atom is 0.254 e. The zero-order valence-electron chi connectivity index (χ0n) is 17.5. The van der Waals surface area contributed by atoms with Crippen LogP contribution in [-0.4, -0.2) is 52.3 Å². The average molecular weight is 435 g/mol. The first kappa shape index (κ1) is 21.2. The minimum Gasteiger partial charge on any atom is -0.332 e. The number of fused-ring (bicyclic) bond motifs is 1. The quantitative estimate of drug-likeness (QED) is 0.713. The highest BCUT2D eigenvalue weighted by molar-refractivity contribution is 7.89. The second-order valence-corrected chi connectivity index (χ2v) is 10.7. The molecule has 0 aromatic carbocycles. The Morgan fingerprint density at radius 3 is 2.83 bits per heavy atom. The number of hydrogen-bond acceptors (Lipinski definition) is 5. The number of likely N-dealkylation sites (tertiary alicyclic amines) is 1. The van der Waals surface area contributed by atoms with Gasteiger partial charge in [0.15, 0.2) is 0 Å². The molecule has 1 aromatic rings. The van der Waals surface area contributed by atoms with Gasteiger partial charge in [0, 0.05) is 25.1 Å². The van der Waals surface area contributed by atoms with Crippen LogP contribution in [0.3, 0.4) is 0 Å². The Morgan fingerprint density at radius 1 is 1.27 bits per heavy atom. The number of piperidine rings is 1. The molecule has 1 aromatic heterocycles. The number of allylic oxidation sites excluding steroid dienone is 2. The van der Waals surface area contributed by atoms with Gasteiger partial charge in [0.05, 0.1) is 24.0 Å². The SMILES string of the molecule is CCS(=O)(=O)N1CCc2c(nc([C@H]3CCCCN3C(=O)C[C@H]3C=CCC3)[nH]c2=O)C1. The van der Waals surface area contributed by atoms with Gasteiger partial charge >= 0.3 is 0 Å². The van der Waals surface area contributed by atoms with Gasteiger partial charge < -0.3 is 9.88 Å². The molecule has 2 aliphatic heterocycles. The van der Waals surface area contributed by atoms with Gasteiger partial charge in [-0.1, -0.05) is 12.2 Å². The fourth-order valence-corrected chi connectivity index (χ4v) is 5.79.